The molecule has 0 atom stereocenters. The van der Waals surface area contributed by atoms with Gasteiger partial charge in [0.15, 0.2) is 11.5 Å². The summed E-state index contributed by atoms with van der Waals surface area (Å²) in [5.74, 6) is 0.00720. The Hall–Kier alpha value is -1.69. The van der Waals surface area contributed by atoms with Crippen molar-refractivity contribution >= 4 is 21.7 Å². The number of aromatic nitrogens is 2. The highest BCUT2D eigenvalue weighted by molar-refractivity contribution is 9.10. The minimum atomic E-state index is -0.208. The molecule has 0 radical (unpaired) electrons. The smallest absolute Gasteiger partial charge is 0.171 e. The summed E-state index contributed by atoms with van der Waals surface area (Å²) >= 11 is 3.13. The first-order chi connectivity index (χ1) is 7.09. The molecule has 0 saturated carbocycles. The van der Waals surface area contributed by atoms with E-state index in [2.05, 4.69) is 26.1 Å². The first-order valence-corrected chi connectivity index (χ1v) is 4.89. The zero-order valence-electron chi connectivity index (χ0n) is 7.53. The maximum Gasteiger partial charge on any atom is 0.171 e. The van der Waals surface area contributed by atoms with Crippen LogP contribution in [0.15, 0.2) is 22.8 Å². The summed E-state index contributed by atoms with van der Waals surface area (Å²) in [6.45, 7) is 0. The minimum absolute atomic E-state index is 0.194. The molecule has 2 rings (SSSR count). The van der Waals surface area contributed by atoms with Crippen LogP contribution in [-0.2, 0) is 0 Å². The highest BCUT2D eigenvalue weighted by Gasteiger charge is 2.11. The zero-order valence-corrected chi connectivity index (χ0v) is 9.12. The number of anilines is 1. The lowest BCUT2D eigenvalue weighted by molar-refractivity contribution is 0.401. The molecule has 0 spiro atoms. The van der Waals surface area contributed by atoms with Crippen molar-refractivity contribution in [2.45, 2.75) is 0 Å². The van der Waals surface area contributed by atoms with Gasteiger partial charge in [-0.2, -0.15) is 5.10 Å². The lowest BCUT2D eigenvalue weighted by Gasteiger charge is -2.04. The largest absolute Gasteiger partial charge is 0.504 e. The van der Waals surface area contributed by atoms with Crippen LogP contribution in [0.2, 0.25) is 0 Å². The van der Waals surface area contributed by atoms with Gasteiger partial charge in [0.25, 0.3) is 0 Å². The van der Waals surface area contributed by atoms with Crippen LogP contribution in [0.1, 0.15) is 0 Å². The summed E-state index contributed by atoms with van der Waals surface area (Å²) in [4.78, 5) is 0. The van der Waals surface area contributed by atoms with Crippen molar-refractivity contribution in [1.29, 1.82) is 0 Å². The van der Waals surface area contributed by atoms with Gasteiger partial charge in [-0.1, -0.05) is 0 Å². The molecule has 5 nitrogen and oxygen atoms in total. The molecular formula is C9H8BrN3O2. The third-order valence-electron chi connectivity index (χ3n) is 2.02. The first-order valence-electron chi connectivity index (χ1n) is 4.10. The Bertz CT molecular complexity index is 487. The third-order valence-corrected chi connectivity index (χ3v) is 2.63. The summed E-state index contributed by atoms with van der Waals surface area (Å²) in [5, 5.41) is 25.1. The maximum absolute atomic E-state index is 9.42. The van der Waals surface area contributed by atoms with Gasteiger partial charge in [-0.15, -0.1) is 0 Å². The monoisotopic (exact) mass is 269 g/mol. The fourth-order valence-electron chi connectivity index (χ4n) is 1.27. The second-order valence-corrected chi connectivity index (χ2v) is 3.88. The number of hydrogen-bond donors (Lipinski definition) is 4. The molecule has 0 bridgehead atoms. The second-order valence-electron chi connectivity index (χ2n) is 3.02. The number of nitrogens with two attached hydrogens (primary N) is 1. The second kappa shape index (κ2) is 3.47. The van der Waals surface area contributed by atoms with E-state index in [-0.39, 0.29) is 11.5 Å². The van der Waals surface area contributed by atoms with E-state index in [1.807, 2.05) is 0 Å². The number of aromatic hydroxyl groups is 2. The molecule has 0 aliphatic carbocycles. The number of aromatic amines is 1. The van der Waals surface area contributed by atoms with Gasteiger partial charge in [0, 0.05) is 5.56 Å². The standard InChI is InChI=1S/C9H8BrN3O2/c10-6-1-4(2-7(14)8(6)15)5-3-12-13-9(5)11/h1-3,14-15H,(H3,11,12,13). The van der Waals surface area contributed by atoms with E-state index in [4.69, 9.17) is 5.73 Å². The molecule has 0 unspecified atom stereocenters. The number of nitrogens with one attached hydrogen (secondary N) is 1. The van der Waals surface area contributed by atoms with Crippen molar-refractivity contribution in [3.63, 3.8) is 0 Å². The van der Waals surface area contributed by atoms with Gasteiger partial charge < -0.3 is 15.9 Å². The van der Waals surface area contributed by atoms with Crippen LogP contribution >= 0.6 is 15.9 Å². The molecule has 2 aromatic rings. The molecule has 0 fully saturated rings. The molecule has 15 heavy (non-hydrogen) atoms. The van der Waals surface area contributed by atoms with Crippen LogP contribution < -0.4 is 5.73 Å². The van der Waals surface area contributed by atoms with Crippen LogP contribution in [0.4, 0.5) is 5.82 Å². The third kappa shape index (κ3) is 1.63. The zero-order chi connectivity index (χ0) is 11.0. The number of nitrogen functional groups attached to an aromatic ring is 1. The highest BCUT2D eigenvalue weighted by atomic mass is 79.9. The quantitative estimate of drug-likeness (QED) is 0.594. The van der Waals surface area contributed by atoms with E-state index < -0.39 is 0 Å². The predicted molar refractivity (Wildman–Crippen MR) is 59.5 cm³/mol. The number of phenolic OH excluding ortho intramolecular Hbond substituents is 2. The predicted octanol–water partition coefficient (Wildman–Crippen LogP) is 1.83. The molecule has 1 heterocycles. The Morgan fingerprint density at radius 3 is 2.60 bits per heavy atom. The molecule has 0 aliphatic rings. The van der Waals surface area contributed by atoms with Gasteiger partial charge in [0.1, 0.15) is 5.82 Å². The first kappa shape index (κ1) is 9.85. The van der Waals surface area contributed by atoms with E-state index in [0.717, 1.165) is 0 Å². The average Bonchev–Trinajstić information content (AvgIpc) is 2.60. The van der Waals surface area contributed by atoms with E-state index in [0.29, 0.717) is 21.4 Å². The van der Waals surface area contributed by atoms with Crippen LogP contribution in [0.5, 0.6) is 11.5 Å². The number of nitrogens with zero attached hydrogens (tertiary/aromatic N) is 1. The molecule has 6 heteroatoms. The van der Waals surface area contributed by atoms with Crippen molar-refractivity contribution < 1.29 is 10.2 Å². The van der Waals surface area contributed by atoms with Crippen molar-refractivity contribution in [2.75, 3.05) is 5.73 Å². The van der Waals surface area contributed by atoms with E-state index in [1.165, 1.54) is 6.07 Å². The lowest BCUT2D eigenvalue weighted by atomic mass is 10.1. The number of H-pyrrole nitrogens is 1. The number of phenols is 2. The molecule has 0 saturated heterocycles. The molecule has 1 aromatic heterocycles. The molecule has 1 aromatic carbocycles. The van der Waals surface area contributed by atoms with Crippen LogP contribution in [0.3, 0.4) is 0 Å². The lowest BCUT2D eigenvalue weighted by Crippen LogP contribution is -1.87. The summed E-state index contributed by atoms with van der Waals surface area (Å²) in [6.07, 6.45) is 1.55. The molecule has 78 valence electrons. The molecule has 5 N–H and O–H groups in total. The molecular weight excluding hydrogens is 262 g/mol. The summed E-state index contributed by atoms with van der Waals surface area (Å²) in [7, 11) is 0. The Kier molecular flexibility index (Phi) is 2.28. The van der Waals surface area contributed by atoms with Crippen molar-refractivity contribution in [3.8, 4) is 22.6 Å². The van der Waals surface area contributed by atoms with E-state index in [9.17, 15) is 10.2 Å². The SMILES string of the molecule is Nc1[nH]ncc1-c1cc(O)c(O)c(Br)c1. The summed E-state index contributed by atoms with van der Waals surface area (Å²) in [5.41, 5.74) is 6.98. The maximum atomic E-state index is 9.42. The fraction of sp³-hybridized carbons (Fsp3) is 0. The topological polar surface area (TPSA) is 95.2 Å². The Balaban J connectivity index is 2.60. The van der Waals surface area contributed by atoms with Crippen LogP contribution in [0, 0.1) is 0 Å². The van der Waals surface area contributed by atoms with E-state index in [1.54, 1.807) is 12.3 Å². The van der Waals surface area contributed by atoms with Gasteiger partial charge in [0.05, 0.1) is 10.7 Å². The average molecular weight is 270 g/mol. The van der Waals surface area contributed by atoms with Gasteiger partial charge in [-0.25, -0.2) is 0 Å². The van der Waals surface area contributed by atoms with Gasteiger partial charge in [0.2, 0.25) is 0 Å². The van der Waals surface area contributed by atoms with Gasteiger partial charge >= 0.3 is 0 Å². The van der Waals surface area contributed by atoms with Crippen molar-refractivity contribution in [3.05, 3.63) is 22.8 Å². The van der Waals surface area contributed by atoms with Gasteiger partial charge in [-0.05, 0) is 33.6 Å². The van der Waals surface area contributed by atoms with Crippen molar-refractivity contribution in [1.82, 2.24) is 10.2 Å². The highest BCUT2D eigenvalue weighted by Crippen LogP contribution is 2.38. The van der Waals surface area contributed by atoms with Crippen LogP contribution in [-0.4, -0.2) is 20.4 Å². The van der Waals surface area contributed by atoms with E-state index >= 15 is 0 Å². The minimum Gasteiger partial charge on any atom is -0.504 e. The normalized spacial score (nSPS) is 10.5. The Morgan fingerprint density at radius 1 is 1.33 bits per heavy atom. The number of rotatable bonds is 1. The Morgan fingerprint density at radius 2 is 2.07 bits per heavy atom. The van der Waals surface area contributed by atoms with Crippen LogP contribution in [0.25, 0.3) is 11.1 Å². The summed E-state index contributed by atoms with van der Waals surface area (Å²) in [6, 6.07) is 3.07. The number of hydrogen-bond acceptors (Lipinski definition) is 4. The Labute approximate surface area is 93.7 Å². The fourth-order valence-corrected chi connectivity index (χ4v) is 1.72. The molecule has 0 amide bonds. The van der Waals surface area contributed by atoms with Crippen molar-refractivity contribution in [2.24, 2.45) is 0 Å². The number of benzene rings is 1. The number of halogens is 1. The summed E-state index contributed by atoms with van der Waals surface area (Å²) < 4.78 is 0.401. The van der Waals surface area contributed by atoms with Gasteiger partial charge in [-0.3, -0.25) is 5.10 Å². The molecule has 0 aliphatic heterocycles.